The van der Waals surface area contributed by atoms with Gasteiger partial charge in [-0.1, -0.05) is 46.3 Å². The minimum atomic E-state index is -0.135. The third-order valence-electron chi connectivity index (χ3n) is 3.88. The van der Waals surface area contributed by atoms with Crippen molar-refractivity contribution in [3.05, 3.63) is 64.6 Å². The van der Waals surface area contributed by atoms with E-state index in [1.165, 1.54) is 0 Å². The molecule has 3 rings (SSSR count). The minimum absolute atomic E-state index is 0.00753. The number of rotatable bonds is 6. The van der Waals surface area contributed by atoms with Crippen molar-refractivity contribution in [2.75, 3.05) is 17.2 Å². The van der Waals surface area contributed by atoms with Crippen LogP contribution in [0, 0.1) is 6.92 Å². The normalized spacial score (nSPS) is 11.8. The van der Waals surface area contributed by atoms with E-state index in [1.54, 1.807) is 0 Å². The Bertz CT molecular complexity index is 886. The molecule has 0 unspecified atom stereocenters. The van der Waals surface area contributed by atoms with Gasteiger partial charge >= 0.3 is 0 Å². The second-order valence-corrected chi connectivity index (χ2v) is 7.00. The van der Waals surface area contributed by atoms with Crippen molar-refractivity contribution in [2.45, 2.75) is 19.9 Å². The van der Waals surface area contributed by atoms with E-state index in [9.17, 15) is 5.11 Å². The van der Waals surface area contributed by atoms with Crippen LogP contribution in [0.1, 0.15) is 12.5 Å². The van der Waals surface area contributed by atoms with Crippen molar-refractivity contribution in [3.8, 4) is 11.3 Å². The Morgan fingerprint density at radius 2 is 1.85 bits per heavy atom. The van der Waals surface area contributed by atoms with Crippen LogP contribution in [0.2, 0.25) is 0 Å². The van der Waals surface area contributed by atoms with Gasteiger partial charge in [0.15, 0.2) is 0 Å². The first-order valence-electron chi connectivity index (χ1n) is 8.40. The van der Waals surface area contributed by atoms with Crippen molar-refractivity contribution in [3.63, 3.8) is 0 Å². The van der Waals surface area contributed by atoms with E-state index in [0.717, 1.165) is 27.0 Å². The molecule has 0 bridgehead atoms. The molecule has 1 aromatic heterocycles. The van der Waals surface area contributed by atoms with E-state index < -0.39 is 0 Å². The van der Waals surface area contributed by atoms with Crippen LogP contribution in [0.5, 0.6) is 0 Å². The van der Waals surface area contributed by atoms with Gasteiger partial charge in [-0.2, -0.15) is 4.98 Å². The Balaban J connectivity index is 1.97. The van der Waals surface area contributed by atoms with E-state index in [0.29, 0.717) is 11.8 Å². The number of nitrogens with zero attached hydrogens (tertiary/aromatic N) is 2. The van der Waals surface area contributed by atoms with Crippen LogP contribution in [0.3, 0.4) is 0 Å². The Labute approximate surface area is 161 Å². The van der Waals surface area contributed by atoms with Gasteiger partial charge < -0.3 is 15.7 Å². The van der Waals surface area contributed by atoms with Crippen molar-refractivity contribution < 1.29 is 5.11 Å². The first-order chi connectivity index (χ1) is 12.5. The van der Waals surface area contributed by atoms with Gasteiger partial charge in [-0.25, -0.2) is 4.98 Å². The average molecular weight is 413 g/mol. The van der Waals surface area contributed by atoms with Gasteiger partial charge in [0.25, 0.3) is 0 Å². The molecule has 0 amide bonds. The molecule has 0 radical (unpaired) electrons. The molecule has 3 N–H and O–H groups in total. The van der Waals surface area contributed by atoms with Crippen molar-refractivity contribution in [1.29, 1.82) is 0 Å². The molecule has 0 aliphatic rings. The fourth-order valence-corrected chi connectivity index (χ4v) is 2.72. The number of hydrogen-bond donors (Lipinski definition) is 3. The third kappa shape index (κ3) is 4.59. The predicted molar refractivity (Wildman–Crippen MR) is 110 cm³/mol. The highest BCUT2D eigenvalue weighted by Crippen LogP contribution is 2.26. The van der Waals surface area contributed by atoms with Gasteiger partial charge in [0.2, 0.25) is 5.95 Å². The fourth-order valence-electron chi connectivity index (χ4n) is 2.47. The predicted octanol–water partition coefficient (Wildman–Crippen LogP) is 4.75. The molecule has 3 aromatic rings. The molecule has 0 fully saturated rings. The zero-order valence-electron chi connectivity index (χ0n) is 14.7. The standard InChI is InChI=1S/C20H21BrN4O/c1-13-10-16(8-9-17(13)21)23-19-11-18(15-6-4-3-5-7-15)24-20(25-19)22-14(2)12-26/h3-11,14,26H,12H2,1-2H3,(H2,22,23,24,25)/t14-/m0/s1. The lowest BCUT2D eigenvalue weighted by Crippen LogP contribution is -2.21. The fraction of sp³-hybridized carbons (Fsp3) is 0.200. The molecule has 0 saturated heterocycles. The van der Waals surface area contributed by atoms with Crippen LogP contribution in [-0.2, 0) is 0 Å². The van der Waals surface area contributed by atoms with E-state index >= 15 is 0 Å². The SMILES string of the molecule is Cc1cc(Nc2cc(-c3ccccc3)nc(N[C@@H](C)CO)n2)ccc1Br. The van der Waals surface area contributed by atoms with Crippen molar-refractivity contribution in [2.24, 2.45) is 0 Å². The Morgan fingerprint density at radius 1 is 1.08 bits per heavy atom. The van der Waals surface area contributed by atoms with E-state index in [4.69, 9.17) is 0 Å². The highest BCUT2D eigenvalue weighted by Gasteiger charge is 2.09. The number of anilines is 3. The largest absolute Gasteiger partial charge is 0.394 e. The minimum Gasteiger partial charge on any atom is -0.394 e. The molecule has 6 heteroatoms. The van der Waals surface area contributed by atoms with Crippen molar-refractivity contribution >= 4 is 33.4 Å². The highest BCUT2D eigenvalue weighted by molar-refractivity contribution is 9.10. The molecule has 0 aliphatic heterocycles. The molecule has 134 valence electrons. The lowest BCUT2D eigenvalue weighted by Gasteiger charge is -2.14. The maximum atomic E-state index is 9.31. The van der Waals surface area contributed by atoms with Crippen LogP contribution in [0.15, 0.2) is 59.1 Å². The van der Waals surface area contributed by atoms with Crippen LogP contribution in [0.4, 0.5) is 17.5 Å². The summed E-state index contributed by atoms with van der Waals surface area (Å²) in [5, 5.41) is 15.8. The van der Waals surface area contributed by atoms with Gasteiger partial charge in [-0.15, -0.1) is 0 Å². The zero-order chi connectivity index (χ0) is 18.5. The number of nitrogens with one attached hydrogen (secondary N) is 2. The monoisotopic (exact) mass is 412 g/mol. The summed E-state index contributed by atoms with van der Waals surface area (Å²) in [6, 6.07) is 17.8. The average Bonchev–Trinajstić information content (AvgIpc) is 2.65. The first-order valence-corrected chi connectivity index (χ1v) is 9.19. The number of aliphatic hydroxyl groups is 1. The summed E-state index contributed by atoms with van der Waals surface area (Å²) in [4.78, 5) is 9.12. The molecule has 1 atom stereocenters. The van der Waals surface area contributed by atoms with Crippen molar-refractivity contribution in [1.82, 2.24) is 9.97 Å². The number of aryl methyl sites for hydroxylation is 1. The number of aliphatic hydroxyl groups excluding tert-OH is 1. The quantitative estimate of drug-likeness (QED) is 0.544. The van der Waals surface area contributed by atoms with Crippen LogP contribution in [-0.4, -0.2) is 27.7 Å². The van der Waals surface area contributed by atoms with Crippen LogP contribution < -0.4 is 10.6 Å². The summed E-state index contributed by atoms with van der Waals surface area (Å²) in [5.74, 6) is 1.16. The topological polar surface area (TPSA) is 70.1 Å². The summed E-state index contributed by atoms with van der Waals surface area (Å²) in [6.45, 7) is 3.93. The Morgan fingerprint density at radius 3 is 2.54 bits per heavy atom. The van der Waals surface area contributed by atoms with Gasteiger partial charge in [-0.05, 0) is 37.6 Å². The molecule has 2 aromatic carbocycles. The summed E-state index contributed by atoms with van der Waals surface area (Å²) < 4.78 is 1.06. The zero-order valence-corrected chi connectivity index (χ0v) is 16.3. The summed E-state index contributed by atoms with van der Waals surface area (Å²) in [6.07, 6.45) is 0. The molecule has 5 nitrogen and oxygen atoms in total. The Kier molecular flexibility index (Phi) is 5.85. The van der Waals surface area contributed by atoms with Gasteiger partial charge in [0.1, 0.15) is 5.82 Å². The molecule has 0 saturated carbocycles. The highest BCUT2D eigenvalue weighted by atomic mass is 79.9. The number of hydrogen-bond acceptors (Lipinski definition) is 5. The second-order valence-electron chi connectivity index (χ2n) is 6.14. The number of aromatic nitrogens is 2. The molecular weight excluding hydrogens is 392 g/mol. The number of halogens is 1. The lowest BCUT2D eigenvalue weighted by molar-refractivity contribution is 0.281. The Hall–Kier alpha value is -2.44. The molecule has 0 aliphatic carbocycles. The van der Waals surface area contributed by atoms with Gasteiger partial charge in [0, 0.05) is 27.8 Å². The second kappa shape index (κ2) is 8.29. The molecular formula is C20H21BrN4O. The third-order valence-corrected chi connectivity index (χ3v) is 4.77. The van der Waals surface area contributed by atoms with E-state index in [2.05, 4.69) is 42.6 Å². The summed E-state index contributed by atoms with van der Waals surface area (Å²) in [7, 11) is 0. The molecule has 1 heterocycles. The number of benzene rings is 2. The summed E-state index contributed by atoms with van der Waals surface area (Å²) >= 11 is 3.52. The maximum Gasteiger partial charge on any atom is 0.225 e. The lowest BCUT2D eigenvalue weighted by atomic mass is 10.1. The van der Waals surface area contributed by atoms with E-state index in [-0.39, 0.29) is 12.6 Å². The molecule has 26 heavy (non-hydrogen) atoms. The summed E-state index contributed by atoms with van der Waals surface area (Å²) in [5.41, 5.74) is 3.90. The maximum absolute atomic E-state index is 9.31. The van der Waals surface area contributed by atoms with E-state index in [1.807, 2.05) is 62.4 Å². The van der Waals surface area contributed by atoms with Gasteiger partial charge in [-0.3, -0.25) is 0 Å². The van der Waals surface area contributed by atoms with Crippen LogP contribution >= 0.6 is 15.9 Å². The van der Waals surface area contributed by atoms with Crippen LogP contribution in [0.25, 0.3) is 11.3 Å². The first kappa shape index (κ1) is 18.4. The smallest absolute Gasteiger partial charge is 0.225 e. The molecule has 0 spiro atoms. The van der Waals surface area contributed by atoms with Gasteiger partial charge in [0.05, 0.1) is 12.3 Å².